The van der Waals surface area contributed by atoms with Crippen LogP contribution in [0.15, 0.2) is 41.3 Å². The second-order valence-electron chi connectivity index (χ2n) is 7.60. The Morgan fingerprint density at radius 1 is 1.06 bits per heavy atom. The summed E-state index contributed by atoms with van der Waals surface area (Å²) in [7, 11) is -3.62. The molecule has 0 aromatic heterocycles. The van der Waals surface area contributed by atoms with Crippen LogP contribution in [0, 0.1) is 18.6 Å². The zero-order valence-corrected chi connectivity index (χ0v) is 18.5. The van der Waals surface area contributed by atoms with Gasteiger partial charge in [-0.05, 0) is 56.5 Å². The summed E-state index contributed by atoms with van der Waals surface area (Å²) >= 11 is 0. The van der Waals surface area contributed by atoms with E-state index in [2.05, 4.69) is 5.32 Å². The second-order valence-corrected chi connectivity index (χ2v) is 9.54. The smallest absolute Gasteiger partial charge is 0.243 e. The van der Waals surface area contributed by atoms with Gasteiger partial charge in [-0.2, -0.15) is 4.31 Å². The monoisotopic (exact) mass is 451 g/mol. The number of benzene rings is 2. The number of amides is 1. The van der Waals surface area contributed by atoms with Crippen molar-refractivity contribution in [1.29, 1.82) is 0 Å². The fourth-order valence-corrected chi connectivity index (χ4v) is 5.12. The number of hydrogen-bond acceptors (Lipinski definition) is 4. The van der Waals surface area contributed by atoms with Gasteiger partial charge in [0.1, 0.15) is 0 Å². The average molecular weight is 452 g/mol. The largest absolute Gasteiger partial charge is 0.362 e. The highest BCUT2D eigenvalue weighted by atomic mass is 32.2. The predicted molar refractivity (Wildman–Crippen MR) is 117 cm³/mol. The first-order valence-electron chi connectivity index (χ1n) is 10.3. The highest BCUT2D eigenvalue weighted by Gasteiger charge is 2.26. The van der Waals surface area contributed by atoms with Crippen molar-refractivity contribution < 1.29 is 22.0 Å². The molecule has 1 N–H and O–H groups in total. The Morgan fingerprint density at radius 3 is 2.42 bits per heavy atom. The standard InChI is InChI=1S/C22H27F2N3O3S/c1-3-26(17-8-10-19(23)20(24)13-17)15-22(28)25-21-14-18(9-7-16(21)2)31(29,30)27-11-5-4-6-12-27/h7-10,13-14H,3-6,11-12,15H2,1-2H3,(H,25,28). The van der Waals surface area contributed by atoms with E-state index in [4.69, 9.17) is 0 Å². The molecular weight excluding hydrogens is 424 g/mol. The molecule has 31 heavy (non-hydrogen) atoms. The molecule has 1 saturated heterocycles. The first-order chi connectivity index (χ1) is 14.7. The third-order valence-corrected chi connectivity index (χ3v) is 7.32. The number of aryl methyl sites for hydroxylation is 1. The minimum Gasteiger partial charge on any atom is -0.362 e. The van der Waals surface area contributed by atoms with Crippen molar-refractivity contribution in [1.82, 2.24) is 4.31 Å². The third-order valence-electron chi connectivity index (χ3n) is 5.42. The number of halogens is 2. The molecule has 0 unspecified atom stereocenters. The molecule has 0 aliphatic carbocycles. The van der Waals surface area contributed by atoms with Crippen LogP contribution in [0.4, 0.5) is 20.2 Å². The van der Waals surface area contributed by atoms with Crippen LogP contribution in [0.2, 0.25) is 0 Å². The maximum atomic E-state index is 13.6. The molecule has 0 saturated carbocycles. The molecule has 0 atom stereocenters. The van der Waals surface area contributed by atoms with Crippen molar-refractivity contribution in [3.8, 4) is 0 Å². The minimum atomic E-state index is -3.62. The van der Waals surface area contributed by atoms with Gasteiger partial charge in [0.15, 0.2) is 11.6 Å². The van der Waals surface area contributed by atoms with Crippen molar-refractivity contribution in [2.24, 2.45) is 0 Å². The molecule has 9 heteroatoms. The summed E-state index contributed by atoms with van der Waals surface area (Å²) in [5.74, 6) is -2.32. The first kappa shape index (κ1) is 23.1. The number of likely N-dealkylation sites (N-methyl/N-ethyl adjacent to an activating group) is 1. The van der Waals surface area contributed by atoms with Gasteiger partial charge in [-0.1, -0.05) is 12.5 Å². The number of nitrogens with zero attached hydrogens (tertiary/aromatic N) is 2. The lowest BCUT2D eigenvalue weighted by Crippen LogP contribution is -2.35. The summed E-state index contributed by atoms with van der Waals surface area (Å²) in [4.78, 5) is 14.4. The Bertz CT molecular complexity index is 1050. The number of hydrogen-bond donors (Lipinski definition) is 1. The molecule has 6 nitrogen and oxygen atoms in total. The van der Waals surface area contributed by atoms with Crippen LogP contribution in [0.25, 0.3) is 0 Å². The normalized spacial score (nSPS) is 15.0. The van der Waals surface area contributed by atoms with E-state index in [1.165, 1.54) is 16.4 Å². The number of piperidine rings is 1. The van der Waals surface area contributed by atoms with E-state index in [-0.39, 0.29) is 17.3 Å². The Kier molecular flexibility index (Phi) is 7.27. The molecule has 1 aliphatic rings. The molecule has 2 aromatic rings. The maximum Gasteiger partial charge on any atom is 0.243 e. The summed E-state index contributed by atoms with van der Waals surface area (Å²) in [6.07, 6.45) is 2.70. The topological polar surface area (TPSA) is 69.7 Å². The summed E-state index contributed by atoms with van der Waals surface area (Å²) < 4.78 is 54.1. The van der Waals surface area contributed by atoms with Crippen molar-refractivity contribution in [3.05, 3.63) is 53.6 Å². The Morgan fingerprint density at radius 2 is 1.77 bits per heavy atom. The van der Waals surface area contributed by atoms with Crippen LogP contribution in [0.5, 0.6) is 0 Å². The lowest BCUT2D eigenvalue weighted by atomic mass is 10.2. The third kappa shape index (κ3) is 5.40. The van der Waals surface area contributed by atoms with Gasteiger partial charge in [0.05, 0.1) is 11.4 Å². The van der Waals surface area contributed by atoms with Crippen molar-refractivity contribution in [3.63, 3.8) is 0 Å². The zero-order chi connectivity index (χ0) is 22.6. The quantitative estimate of drug-likeness (QED) is 0.693. The molecule has 3 rings (SSSR count). The molecule has 1 amide bonds. The number of nitrogens with one attached hydrogen (secondary N) is 1. The van der Waals surface area contributed by atoms with Crippen LogP contribution in [-0.4, -0.2) is 44.8 Å². The van der Waals surface area contributed by atoms with Crippen molar-refractivity contribution in [2.45, 2.75) is 38.0 Å². The van der Waals surface area contributed by atoms with Gasteiger partial charge < -0.3 is 10.2 Å². The minimum absolute atomic E-state index is 0.0931. The van der Waals surface area contributed by atoms with E-state index < -0.39 is 21.7 Å². The molecule has 0 spiro atoms. The van der Waals surface area contributed by atoms with Gasteiger partial charge in [0.25, 0.3) is 0 Å². The van der Waals surface area contributed by atoms with E-state index in [9.17, 15) is 22.0 Å². The summed E-state index contributed by atoms with van der Waals surface area (Å²) in [5.41, 5.74) is 1.51. The zero-order valence-electron chi connectivity index (χ0n) is 17.7. The van der Waals surface area contributed by atoms with Gasteiger partial charge in [-0.15, -0.1) is 0 Å². The van der Waals surface area contributed by atoms with E-state index in [0.29, 0.717) is 31.0 Å². The van der Waals surface area contributed by atoms with E-state index >= 15 is 0 Å². The summed E-state index contributed by atoms with van der Waals surface area (Å²) in [6.45, 7) is 4.88. The van der Waals surface area contributed by atoms with E-state index in [0.717, 1.165) is 37.0 Å². The highest BCUT2D eigenvalue weighted by Crippen LogP contribution is 2.25. The van der Waals surface area contributed by atoms with Gasteiger partial charge in [0.2, 0.25) is 15.9 Å². The van der Waals surface area contributed by atoms with Crippen LogP contribution < -0.4 is 10.2 Å². The Labute approximate surface area is 181 Å². The Balaban J connectivity index is 1.76. The maximum absolute atomic E-state index is 13.6. The average Bonchev–Trinajstić information content (AvgIpc) is 2.76. The van der Waals surface area contributed by atoms with Crippen LogP contribution in [-0.2, 0) is 14.8 Å². The number of carbonyl (C=O) groups is 1. The van der Waals surface area contributed by atoms with E-state index in [1.807, 2.05) is 0 Å². The fraction of sp³-hybridized carbons (Fsp3) is 0.409. The van der Waals surface area contributed by atoms with Crippen LogP contribution in [0.1, 0.15) is 31.7 Å². The molecule has 1 aliphatic heterocycles. The lowest BCUT2D eigenvalue weighted by molar-refractivity contribution is -0.115. The van der Waals surface area contributed by atoms with Gasteiger partial charge in [-0.25, -0.2) is 17.2 Å². The van der Waals surface area contributed by atoms with Gasteiger partial charge in [-0.3, -0.25) is 4.79 Å². The molecule has 0 bridgehead atoms. The number of sulfonamides is 1. The Hall–Kier alpha value is -2.52. The molecular formula is C22H27F2N3O3S. The number of anilines is 2. The number of rotatable bonds is 7. The molecule has 1 heterocycles. The van der Waals surface area contributed by atoms with Gasteiger partial charge >= 0.3 is 0 Å². The lowest BCUT2D eigenvalue weighted by Gasteiger charge is -2.26. The molecule has 1 fully saturated rings. The molecule has 0 radical (unpaired) electrons. The second kappa shape index (κ2) is 9.74. The van der Waals surface area contributed by atoms with Crippen molar-refractivity contribution in [2.75, 3.05) is 36.4 Å². The highest BCUT2D eigenvalue weighted by molar-refractivity contribution is 7.89. The molecule has 168 valence electrons. The first-order valence-corrected chi connectivity index (χ1v) is 11.8. The molecule has 2 aromatic carbocycles. The predicted octanol–water partition coefficient (Wildman–Crippen LogP) is 3.91. The summed E-state index contributed by atoms with van der Waals surface area (Å²) in [6, 6.07) is 8.17. The van der Waals surface area contributed by atoms with Crippen molar-refractivity contribution >= 4 is 27.3 Å². The van der Waals surface area contributed by atoms with Crippen LogP contribution in [0.3, 0.4) is 0 Å². The fourth-order valence-electron chi connectivity index (χ4n) is 3.58. The van der Waals surface area contributed by atoms with Gasteiger partial charge in [0, 0.05) is 37.1 Å². The SMILES string of the molecule is CCN(CC(=O)Nc1cc(S(=O)(=O)N2CCCCC2)ccc1C)c1ccc(F)c(F)c1. The number of carbonyl (C=O) groups excluding carboxylic acids is 1. The summed E-state index contributed by atoms with van der Waals surface area (Å²) in [5, 5.41) is 2.75. The van der Waals surface area contributed by atoms with E-state index in [1.54, 1.807) is 30.9 Å². The van der Waals surface area contributed by atoms with Crippen LogP contribution >= 0.6 is 0 Å².